The molecule has 4 atom stereocenters. The minimum Gasteiger partial charge on any atom is -0.454 e. The number of fused-ring (bicyclic) bond motifs is 3. The first-order valence-corrected chi connectivity index (χ1v) is 8.89. The lowest BCUT2D eigenvalue weighted by Gasteiger charge is -2.17. The first-order chi connectivity index (χ1) is 12.9. The van der Waals surface area contributed by atoms with Crippen molar-refractivity contribution < 1.29 is 28.4 Å². The monoisotopic (exact) mass is 354 g/mol. The number of hydrogen-bond acceptors (Lipinski definition) is 6. The van der Waals surface area contributed by atoms with Gasteiger partial charge in [-0.2, -0.15) is 0 Å². The molecule has 0 aromatic heterocycles. The van der Waals surface area contributed by atoms with E-state index in [1.54, 1.807) is 0 Å². The fraction of sp³-hybridized carbons (Fsp3) is 0.400. The first-order valence-electron chi connectivity index (χ1n) is 8.89. The number of benzene rings is 2. The molecule has 0 spiro atoms. The van der Waals surface area contributed by atoms with E-state index in [1.807, 2.05) is 24.3 Å². The van der Waals surface area contributed by atoms with Gasteiger partial charge in [0.05, 0.1) is 25.4 Å². The van der Waals surface area contributed by atoms with Crippen molar-refractivity contribution in [2.45, 2.75) is 12.2 Å². The third-order valence-electron chi connectivity index (χ3n) is 5.71. The van der Waals surface area contributed by atoms with Crippen LogP contribution >= 0.6 is 0 Å². The number of ether oxygens (including phenoxy) is 6. The third kappa shape index (κ3) is 2.12. The van der Waals surface area contributed by atoms with Crippen molar-refractivity contribution in [1.29, 1.82) is 0 Å². The quantitative estimate of drug-likeness (QED) is 0.825. The van der Waals surface area contributed by atoms with Gasteiger partial charge in [-0.1, -0.05) is 12.1 Å². The van der Waals surface area contributed by atoms with Gasteiger partial charge in [0.15, 0.2) is 23.0 Å². The van der Waals surface area contributed by atoms with Crippen LogP contribution in [0, 0.1) is 11.8 Å². The Balaban J connectivity index is 1.27. The van der Waals surface area contributed by atoms with E-state index in [0.717, 1.165) is 34.1 Å². The van der Waals surface area contributed by atoms with Gasteiger partial charge in [0.1, 0.15) is 0 Å². The molecule has 6 heteroatoms. The molecule has 0 amide bonds. The van der Waals surface area contributed by atoms with Crippen LogP contribution in [0.3, 0.4) is 0 Å². The summed E-state index contributed by atoms with van der Waals surface area (Å²) in [5, 5.41) is 0. The summed E-state index contributed by atoms with van der Waals surface area (Å²) in [7, 11) is 0. The zero-order valence-corrected chi connectivity index (χ0v) is 14.1. The highest BCUT2D eigenvalue weighted by Crippen LogP contribution is 2.52. The summed E-state index contributed by atoms with van der Waals surface area (Å²) in [5.41, 5.74) is 2.24. The zero-order valence-electron chi connectivity index (χ0n) is 14.1. The van der Waals surface area contributed by atoms with E-state index in [1.165, 1.54) is 0 Å². The Morgan fingerprint density at radius 1 is 0.577 bits per heavy atom. The molecule has 0 aliphatic carbocycles. The summed E-state index contributed by atoms with van der Waals surface area (Å²) >= 11 is 0. The third-order valence-corrected chi connectivity index (χ3v) is 5.71. The lowest BCUT2D eigenvalue weighted by Crippen LogP contribution is -2.14. The molecule has 2 aromatic carbocycles. The van der Waals surface area contributed by atoms with Crippen LogP contribution in [0.15, 0.2) is 36.4 Å². The Morgan fingerprint density at radius 3 is 1.54 bits per heavy atom. The van der Waals surface area contributed by atoms with Gasteiger partial charge in [-0.25, -0.2) is 0 Å². The van der Waals surface area contributed by atoms with E-state index in [4.69, 9.17) is 28.4 Å². The van der Waals surface area contributed by atoms with Gasteiger partial charge < -0.3 is 28.4 Å². The van der Waals surface area contributed by atoms with E-state index >= 15 is 0 Å². The van der Waals surface area contributed by atoms with E-state index in [-0.39, 0.29) is 25.8 Å². The van der Waals surface area contributed by atoms with Crippen molar-refractivity contribution in [3.8, 4) is 23.0 Å². The molecule has 0 N–H and O–H groups in total. The van der Waals surface area contributed by atoms with Crippen molar-refractivity contribution >= 4 is 0 Å². The van der Waals surface area contributed by atoms with Crippen LogP contribution in [0.5, 0.6) is 23.0 Å². The highest BCUT2D eigenvalue weighted by atomic mass is 16.7. The molecular weight excluding hydrogens is 336 g/mol. The number of rotatable bonds is 2. The molecular formula is C20H18O6. The molecule has 0 saturated carbocycles. The highest BCUT2D eigenvalue weighted by molar-refractivity contribution is 5.46. The van der Waals surface area contributed by atoms with Gasteiger partial charge in [0, 0.05) is 11.8 Å². The summed E-state index contributed by atoms with van der Waals surface area (Å²) < 4.78 is 34.2. The smallest absolute Gasteiger partial charge is 0.231 e. The molecule has 2 aromatic rings. The van der Waals surface area contributed by atoms with Gasteiger partial charge in [-0.15, -0.1) is 0 Å². The summed E-state index contributed by atoms with van der Waals surface area (Å²) in [4.78, 5) is 0. The largest absolute Gasteiger partial charge is 0.454 e. The molecule has 6 nitrogen and oxygen atoms in total. The molecule has 2 saturated heterocycles. The molecule has 134 valence electrons. The standard InChI is InChI=1S/C20H18O6/c1-3-15-17(25-9-23-15)5-11(1)19-13-7-22-20(14(13)8-21-19)12-2-4-16-18(6-12)26-10-24-16/h1-6,13-14,19-20H,7-10H2/t13-,14-,19-,20?/m1/s1. The molecule has 0 radical (unpaired) electrons. The van der Waals surface area contributed by atoms with Crippen LogP contribution in [-0.2, 0) is 9.47 Å². The Bertz CT molecular complexity index is 794. The maximum Gasteiger partial charge on any atom is 0.231 e. The van der Waals surface area contributed by atoms with Crippen LogP contribution in [0.2, 0.25) is 0 Å². The Labute approximate surface area is 150 Å². The van der Waals surface area contributed by atoms with Crippen molar-refractivity contribution in [3.63, 3.8) is 0 Å². The van der Waals surface area contributed by atoms with Gasteiger partial charge >= 0.3 is 0 Å². The fourth-order valence-electron chi connectivity index (χ4n) is 4.41. The summed E-state index contributed by atoms with van der Waals surface area (Å²) in [6.45, 7) is 1.93. The molecule has 4 aliphatic heterocycles. The molecule has 1 unspecified atom stereocenters. The summed E-state index contributed by atoms with van der Waals surface area (Å²) in [6, 6.07) is 12.1. The molecule has 4 heterocycles. The topological polar surface area (TPSA) is 55.4 Å². The van der Waals surface area contributed by atoms with Crippen LogP contribution in [-0.4, -0.2) is 26.8 Å². The van der Waals surface area contributed by atoms with Gasteiger partial charge in [-0.05, 0) is 35.4 Å². The molecule has 2 fully saturated rings. The lowest BCUT2D eigenvalue weighted by molar-refractivity contribution is 0.0192. The molecule has 6 rings (SSSR count). The van der Waals surface area contributed by atoms with E-state index < -0.39 is 0 Å². The lowest BCUT2D eigenvalue weighted by atomic mass is 9.85. The normalized spacial score (nSPS) is 30.6. The highest BCUT2D eigenvalue weighted by Gasteiger charge is 2.48. The molecule has 0 bridgehead atoms. The van der Waals surface area contributed by atoms with Crippen molar-refractivity contribution in [1.82, 2.24) is 0 Å². The first kappa shape index (κ1) is 14.7. The Kier molecular flexibility index (Phi) is 3.12. The second-order valence-electron chi connectivity index (χ2n) is 7.06. The van der Waals surface area contributed by atoms with E-state index in [2.05, 4.69) is 12.1 Å². The average Bonchev–Trinajstić information content (AvgIpc) is 3.42. The summed E-state index contributed by atoms with van der Waals surface area (Å²) in [5.74, 6) is 3.83. The predicted molar refractivity (Wildman–Crippen MR) is 89.5 cm³/mol. The average molecular weight is 354 g/mol. The SMILES string of the molecule is c1cc2c(cc1C1OC[C@H]3[C@@H](c4ccc5c(c4)OCO5)OC[C@@H]13)OCO2. The minimum atomic E-state index is 0.0218. The predicted octanol–water partition coefficient (Wildman–Crippen LogP) is 3.22. The van der Waals surface area contributed by atoms with Crippen LogP contribution < -0.4 is 18.9 Å². The number of hydrogen-bond donors (Lipinski definition) is 0. The van der Waals surface area contributed by atoms with Crippen LogP contribution in [0.4, 0.5) is 0 Å². The van der Waals surface area contributed by atoms with Crippen LogP contribution in [0.1, 0.15) is 23.3 Å². The second kappa shape index (κ2) is 5.53. The summed E-state index contributed by atoms with van der Waals surface area (Å²) in [6.07, 6.45) is 0.0435. The fourth-order valence-corrected chi connectivity index (χ4v) is 4.41. The van der Waals surface area contributed by atoms with Gasteiger partial charge in [0.2, 0.25) is 13.6 Å². The van der Waals surface area contributed by atoms with Crippen molar-refractivity contribution in [2.24, 2.45) is 11.8 Å². The van der Waals surface area contributed by atoms with Crippen molar-refractivity contribution in [3.05, 3.63) is 47.5 Å². The van der Waals surface area contributed by atoms with Gasteiger partial charge in [0.25, 0.3) is 0 Å². The maximum atomic E-state index is 6.18. The Hall–Kier alpha value is -2.44. The molecule has 4 aliphatic rings. The van der Waals surface area contributed by atoms with Crippen molar-refractivity contribution in [2.75, 3.05) is 26.8 Å². The maximum absolute atomic E-state index is 6.18. The van der Waals surface area contributed by atoms with Crippen LogP contribution in [0.25, 0.3) is 0 Å². The van der Waals surface area contributed by atoms with E-state index in [0.29, 0.717) is 25.0 Å². The van der Waals surface area contributed by atoms with Gasteiger partial charge in [-0.3, -0.25) is 0 Å². The Morgan fingerprint density at radius 2 is 1.04 bits per heavy atom. The zero-order chi connectivity index (χ0) is 17.1. The minimum absolute atomic E-state index is 0.0218. The van der Waals surface area contributed by atoms with E-state index in [9.17, 15) is 0 Å². The molecule has 26 heavy (non-hydrogen) atoms. The second-order valence-corrected chi connectivity index (χ2v) is 7.06.